The first-order valence-corrected chi connectivity index (χ1v) is 32.5. The second kappa shape index (κ2) is 46.4. The van der Waals surface area contributed by atoms with E-state index in [1.807, 2.05) is 0 Å². The number of benzene rings is 1. The van der Waals surface area contributed by atoms with Crippen molar-refractivity contribution in [3.8, 4) is 0 Å². The highest BCUT2D eigenvalue weighted by Crippen LogP contribution is 2.20. The smallest absolute Gasteiger partial charge is 0.312 e. The summed E-state index contributed by atoms with van der Waals surface area (Å²) in [6.45, 7) is 14.4. The predicted octanol–water partition coefficient (Wildman–Crippen LogP) is 8.16. The zero-order valence-corrected chi connectivity index (χ0v) is 55.1. The number of unbranched alkanes of at least 4 members (excludes halogenated alkanes) is 13. The molecule has 0 spiro atoms. The Labute approximate surface area is 525 Å². The Kier molecular flexibility index (Phi) is 41.8. The molecule has 0 unspecified atom stereocenters. The Morgan fingerprint density at radius 1 is 0.523 bits per heavy atom. The third kappa shape index (κ3) is 37.2. The number of nitrogens with two attached hydrogens (primary N) is 1. The molecule has 9 amide bonds. The molecule has 0 radical (unpaired) electrons. The minimum absolute atomic E-state index is 0.00199. The van der Waals surface area contributed by atoms with Gasteiger partial charge in [-0.15, -0.1) is 0 Å². The van der Waals surface area contributed by atoms with E-state index in [1.165, 1.54) is 88.1 Å². The Balaban J connectivity index is 2.77. The second-order valence-electron chi connectivity index (χ2n) is 24.6. The van der Waals surface area contributed by atoms with Crippen molar-refractivity contribution < 1.29 is 62.3 Å². The standard InChI is InChI=1S/C66H111N9O13/c1-11-12-13-14-15-16-17-18-19-20-21-22-23-30-56(78)69-40-37-59(81)74(9)43-54(77)42-51(64(85)75(10)44-53(76)41-49(8)61(82)47(4)5)28-24-25-38-68-57(79)31-26-32-58(80)73-60(46(2)3)63(84)72-55(29-27-39-70-66(67)87)62(83)71-52-35-33-50(34-36-52)45-88-65(86)48(6)7/h33-36,46-49,51,55,60H,11-32,37-45H2,1-10H3,(H,68,79)(H,69,78)(H,71,83)(H,72,84)(H,73,80)(H3,67,70,87)/t49-,51-,55+,60+/m1/s1. The van der Waals surface area contributed by atoms with Crippen LogP contribution in [0.5, 0.6) is 0 Å². The van der Waals surface area contributed by atoms with Crippen LogP contribution in [0, 0.1) is 29.6 Å². The summed E-state index contributed by atoms with van der Waals surface area (Å²) < 4.78 is 5.27. The maximum absolute atomic E-state index is 13.9. The summed E-state index contributed by atoms with van der Waals surface area (Å²) >= 11 is 0. The average Bonchev–Trinajstić information content (AvgIpc) is 3.59. The van der Waals surface area contributed by atoms with Crippen LogP contribution in [0.3, 0.4) is 0 Å². The van der Waals surface area contributed by atoms with E-state index in [2.05, 4.69) is 38.8 Å². The number of rotatable bonds is 50. The predicted molar refractivity (Wildman–Crippen MR) is 341 cm³/mol. The Bertz CT molecular complexity index is 2330. The number of likely N-dealkylation sites (N-methyl/N-ethyl adjacent to an activating group) is 2. The van der Waals surface area contributed by atoms with Gasteiger partial charge in [-0.1, -0.05) is 151 Å². The number of urea groups is 1. The van der Waals surface area contributed by atoms with Crippen LogP contribution in [0.15, 0.2) is 24.3 Å². The molecule has 1 aromatic rings. The highest BCUT2D eigenvalue weighted by Gasteiger charge is 2.31. The van der Waals surface area contributed by atoms with Crippen molar-refractivity contribution in [3.05, 3.63) is 29.8 Å². The third-order valence-corrected chi connectivity index (χ3v) is 15.3. The monoisotopic (exact) mass is 1240 g/mol. The van der Waals surface area contributed by atoms with Gasteiger partial charge in [0.05, 0.1) is 19.0 Å². The summed E-state index contributed by atoms with van der Waals surface area (Å²) in [5, 5.41) is 16.3. The number of carbonyl (C=O) groups excluding carboxylic acids is 12. The number of hydrogen-bond acceptors (Lipinski definition) is 13. The summed E-state index contributed by atoms with van der Waals surface area (Å²) in [6, 6.07) is 3.78. The van der Waals surface area contributed by atoms with Crippen LogP contribution < -0.4 is 37.6 Å². The van der Waals surface area contributed by atoms with Crippen molar-refractivity contribution in [1.29, 1.82) is 0 Å². The van der Waals surface area contributed by atoms with Crippen LogP contribution in [-0.4, -0.2) is 139 Å². The number of primary amides is 1. The Morgan fingerprint density at radius 2 is 1.06 bits per heavy atom. The Hall–Kier alpha value is -6.74. The number of nitrogens with zero attached hydrogens (tertiary/aromatic N) is 2. The lowest BCUT2D eigenvalue weighted by Crippen LogP contribution is -2.54. The molecule has 0 heterocycles. The summed E-state index contributed by atoms with van der Waals surface area (Å²) in [7, 11) is 2.97. The first-order chi connectivity index (χ1) is 41.7. The molecule has 0 bridgehead atoms. The molecular weight excluding hydrogens is 1130 g/mol. The summed E-state index contributed by atoms with van der Waals surface area (Å²) in [5.74, 6) is -6.24. The molecule has 0 aromatic heterocycles. The number of ketones is 3. The van der Waals surface area contributed by atoms with Crippen molar-refractivity contribution in [2.24, 2.45) is 35.3 Å². The molecule has 0 aliphatic rings. The van der Waals surface area contributed by atoms with Crippen LogP contribution in [0.1, 0.15) is 221 Å². The van der Waals surface area contributed by atoms with Crippen molar-refractivity contribution in [3.63, 3.8) is 0 Å². The molecular formula is C66H111N9O13. The molecule has 22 nitrogen and oxygen atoms in total. The summed E-state index contributed by atoms with van der Waals surface area (Å²) in [5.41, 5.74) is 6.32. The molecule has 0 aliphatic carbocycles. The summed E-state index contributed by atoms with van der Waals surface area (Å²) in [6.07, 6.45) is 17.4. The van der Waals surface area contributed by atoms with Crippen LogP contribution >= 0.6 is 0 Å². The van der Waals surface area contributed by atoms with Gasteiger partial charge in [-0.2, -0.15) is 0 Å². The van der Waals surface area contributed by atoms with Crippen molar-refractivity contribution in [1.82, 2.24) is 36.4 Å². The molecule has 0 saturated carbocycles. The van der Waals surface area contributed by atoms with Gasteiger partial charge < -0.3 is 52.2 Å². The minimum atomic E-state index is -1.07. The van der Waals surface area contributed by atoms with Gasteiger partial charge in [0.15, 0.2) is 11.6 Å². The van der Waals surface area contributed by atoms with Crippen LogP contribution in [0.2, 0.25) is 0 Å². The minimum Gasteiger partial charge on any atom is -0.461 e. The van der Waals surface area contributed by atoms with Crippen molar-refractivity contribution >= 4 is 76.4 Å². The fraction of sp³-hybridized carbons (Fsp3) is 0.727. The number of amides is 9. The lowest BCUT2D eigenvalue weighted by atomic mass is 9.92. The quantitative estimate of drug-likeness (QED) is 0.0239. The average molecular weight is 1240 g/mol. The first kappa shape index (κ1) is 79.3. The molecule has 88 heavy (non-hydrogen) atoms. The van der Waals surface area contributed by atoms with Crippen molar-refractivity contribution in [2.45, 2.75) is 235 Å². The normalized spacial score (nSPS) is 12.5. The molecule has 498 valence electrons. The lowest BCUT2D eigenvalue weighted by molar-refractivity contribution is -0.148. The molecule has 1 rings (SSSR count). The van der Waals surface area contributed by atoms with E-state index in [-0.39, 0.29) is 150 Å². The van der Waals surface area contributed by atoms with Gasteiger partial charge in [-0.05, 0) is 62.1 Å². The number of hydrogen-bond donors (Lipinski definition) is 7. The molecule has 22 heteroatoms. The van der Waals surface area contributed by atoms with E-state index in [0.717, 1.165) is 19.3 Å². The number of ether oxygens (including phenoxy) is 1. The van der Waals surface area contributed by atoms with Gasteiger partial charge in [0.1, 0.15) is 24.5 Å². The highest BCUT2D eigenvalue weighted by atomic mass is 16.5. The van der Waals surface area contributed by atoms with Crippen LogP contribution in [0.25, 0.3) is 0 Å². The van der Waals surface area contributed by atoms with Crippen LogP contribution in [0.4, 0.5) is 10.5 Å². The van der Waals surface area contributed by atoms with Gasteiger partial charge in [0, 0.05) is 95.7 Å². The van der Waals surface area contributed by atoms with E-state index in [0.29, 0.717) is 30.5 Å². The van der Waals surface area contributed by atoms with Crippen molar-refractivity contribution in [2.75, 3.05) is 52.1 Å². The van der Waals surface area contributed by atoms with Gasteiger partial charge >= 0.3 is 12.0 Å². The topological polar surface area (TPSA) is 319 Å². The molecule has 0 aliphatic heterocycles. The van der Waals surface area contributed by atoms with Crippen LogP contribution in [-0.2, 0) is 64.1 Å². The van der Waals surface area contributed by atoms with Gasteiger partial charge in [-0.25, -0.2) is 4.79 Å². The maximum Gasteiger partial charge on any atom is 0.312 e. The second-order valence-corrected chi connectivity index (χ2v) is 24.6. The fourth-order valence-corrected chi connectivity index (χ4v) is 9.93. The van der Waals surface area contributed by atoms with Gasteiger partial charge in [0.25, 0.3) is 0 Å². The highest BCUT2D eigenvalue weighted by molar-refractivity contribution is 5.99. The SMILES string of the molecule is CCCCCCCCCCCCCCCC(=O)NCCC(=O)N(C)CC(=O)C[C@@H](CCCCNC(=O)CCCC(=O)N[C@H](C(=O)N[C@@H](CCCNC(N)=O)C(=O)Nc1ccc(COC(=O)C(C)C)cc1)C(C)C)C(=O)N(C)CC(=O)C[C@@H](C)C(=O)C(C)C. The first-order valence-electron chi connectivity index (χ1n) is 32.5. The summed E-state index contributed by atoms with van der Waals surface area (Å²) in [4.78, 5) is 157. The van der Waals surface area contributed by atoms with E-state index in [4.69, 9.17) is 10.5 Å². The molecule has 4 atom stereocenters. The van der Waals surface area contributed by atoms with E-state index in [1.54, 1.807) is 72.7 Å². The largest absolute Gasteiger partial charge is 0.461 e. The van der Waals surface area contributed by atoms with Gasteiger partial charge in [0.2, 0.25) is 41.4 Å². The van der Waals surface area contributed by atoms with E-state index in [9.17, 15) is 57.5 Å². The third-order valence-electron chi connectivity index (χ3n) is 15.3. The molecule has 8 N–H and O–H groups in total. The lowest BCUT2D eigenvalue weighted by Gasteiger charge is -2.25. The molecule has 1 aromatic carbocycles. The molecule has 0 fully saturated rings. The molecule has 0 saturated heterocycles. The number of Topliss-reactive ketones (excluding diaryl/α,β-unsaturated/α-hetero) is 3. The Morgan fingerprint density at radius 3 is 1.62 bits per heavy atom. The zero-order valence-electron chi connectivity index (χ0n) is 55.1. The number of nitrogens with one attached hydrogen (secondary N) is 6. The van der Waals surface area contributed by atoms with Gasteiger partial charge in [-0.3, -0.25) is 52.7 Å². The number of carbonyl (C=O) groups is 12. The number of anilines is 1. The fourth-order valence-electron chi connectivity index (χ4n) is 9.93. The van der Waals surface area contributed by atoms with E-state index >= 15 is 0 Å². The maximum atomic E-state index is 13.9. The van der Waals surface area contributed by atoms with E-state index < -0.39 is 59.5 Å². The zero-order chi connectivity index (χ0) is 66.0. The number of esters is 1.